The van der Waals surface area contributed by atoms with Crippen molar-refractivity contribution >= 4 is 16.9 Å². The van der Waals surface area contributed by atoms with Crippen molar-refractivity contribution in [3.05, 3.63) is 42.4 Å². The largest absolute Gasteiger partial charge is 0.369 e. The van der Waals surface area contributed by atoms with E-state index in [0.717, 1.165) is 47.7 Å². The number of hydrogen-bond acceptors (Lipinski definition) is 4. The van der Waals surface area contributed by atoms with E-state index in [1.165, 1.54) is 0 Å². The average Bonchev–Trinajstić information content (AvgIpc) is 3.00. The Balaban J connectivity index is 2.11. The van der Waals surface area contributed by atoms with Crippen LogP contribution in [0.1, 0.15) is 45.4 Å². The lowest BCUT2D eigenvalue weighted by molar-refractivity contribution is 0.771. The van der Waals surface area contributed by atoms with Gasteiger partial charge in [-0.05, 0) is 18.6 Å². The molecule has 5 heteroatoms. The van der Waals surface area contributed by atoms with Crippen LogP contribution < -0.4 is 5.32 Å². The summed E-state index contributed by atoms with van der Waals surface area (Å²) in [5.41, 5.74) is 1.87. The van der Waals surface area contributed by atoms with Gasteiger partial charge in [-0.1, -0.05) is 45.4 Å². The number of para-hydroxylation sites is 1. The van der Waals surface area contributed by atoms with Crippen LogP contribution in [0.3, 0.4) is 0 Å². The molecule has 0 aliphatic heterocycles. The normalized spacial score (nSPS) is 11.3. The second-order valence-electron chi connectivity index (χ2n) is 5.99. The minimum absolute atomic E-state index is 0.269. The topological polar surface area (TPSA) is 55.6 Å². The zero-order chi connectivity index (χ0) is 16.2. The van der Waals surface area contributed by atoms with Gasteiger partial charge in [0.15, 0.2) is 5.65 Å². The van der Waals surface area contributed by atoms with Crippen molar-refractivity contribution in [3.8, 4) is 5.69 Å². The third-order valence-corrected chi connectivity index (χ3v) is 3.79. The molecule has 1 aromatic carbocycles. The van der Waals surface area contributed by atoms with E-state index < -0.39 is 0 Å². The van der Waals surface area contributed by atoms with Crippen LogP contribution in [0.2, 0.25) is 0 Å². The molecule has 0 fully saturated rings. The van der Waals surface area contributed by atoms with Gasteiger partial charge >= 0.3 is 0 Å². The Morgan fingerprint density at radius 3 is 2.61 bits per heavy atom. The molecule has 3 aromatic rings. The molecule has 1 N–H and O–H groups in total. The summed E-state index contributed by atoms with van der Waals surface area (Å²) >= 11 is 0. The molecule has 0 aliphatic rings. The highest BCUT2D eigenvalue weighted by molar-refractivity contribution is 5.87. The first kappa shape index (κ1) is 15.5. The lowest BCUT2D eigenvalue weighted by Gasteiger charge is -2.11. The van der Waals surface area contributed by atoms with Crippen LogP contribution in [0.25, 0.3) is 16.7 Å². The van der Waals surface area contributed by atoms with E-state index in [1.54, 1.807) is 0 Å². The standard InChI is InChI=1S/C18H23N5/c1-4-5-11-19-17-15-12-20-23(14-9-7-6-8-10-14)18(15)22-16(21-17)13(2)3/h6-10,12-13H,4-5,11H2,1-3H3,(H,19,21,22). The molecule has 0 radical (unpaired) electrons. The van der Waals surface area contributed by atoms with Gasteiger partial charge in [0.2, 0.25) is 0 Å². The van der Waals surface area contributed by atoms with E-state index in [9.17, 15) is 0 Å². The fourth-order valence-electron chi connectivity index (χ4n) is 2.46. The van der Waals surface area contributed by atoms with E-state index in [2.05, 4.69) is 31.2 Å². The minimum atomic E-state index is 0.269. The number of aromatic nitrogens is 4. The van der Waals surface area contributed by atoms with Crippen LogP contribution in [-0.4, -0.2) is 26.3 Å². The number of unbranched alkanes of at least 4 members (excludes halogenated alkanes) is 1. The molecule has 120 valence electrons. The smallest absolute Gasteiger partial charge is 0.168 e. The van der Waals surface area contributed by atoms with Crippen LogP contribution in [0.15, 0.2) is 36.5 Å². The summed E-state index contributed by atoms with van der Waals surface area (Å²) in [6.45, 7) is 7.32. The molecule has 3 rings (SSSR count). The molecule has 0 bridgehead atoms. The summed E-state index contributed by atoms with van der Waals surface area (Å²) in [6, 6.07) is 10.1. The van der Waals surface area contributed by atoms with Gasteiger partial charge in [-0.15, -0.1) is 0 Å². The predicted molar refractivity (Wildman–Crippen MR) is 94.1 cm³/mol. The van der Waals surface area contributed by atoms with Crippen LogP contribution in [0.4, 0.5) is 5.82 Å². The van der Waals surface area contributed by atoms with Crippen molar-refractivity contribution in [2.24, 2.45) is 0 Å². The third kappa shape index (κ3) is 3.18. The Bertz CT molecular complexity index is 777. The van der Waals surface area contributed by atoms with Crippen molar-refractivity contribution in [1.82, 2.24) is 19.7 Å². The van der Waals surface area contributed by atoms with Gasteiger partial charge in [-0.3, -0.25) is 0 Å². The van der Waals surface area contributed by atoms with E-state index >= 15 is 0 Å². The summed E-state index contributed by atoms with van der Waals surface area (Å²) in [4.78, 5) is 9.45. The number of anilines is 1. The zero-order valence-electron chi connectivity index (χ0n) is 14.0. The quantitative estimate of drug-likeness (QED) is 0.695. The third-order valence-electron chi connectivity index (χ3n) is 3.79. The van der Waals surface area contributed by atoms with Crippen molar-refractivity contribution in [2.45, 2.75) is 39.5 Å². The van der Waals surface area contributed by atoms with Gasteiger partial charge in [-0.25, -0.2) is 14.6 Å². The lowest BCUT2D eigenvalue weighted by Crippen LogP contribution is -2.08. The van der Waals surface area contributed by atoms with E-state index in [-0.39, 0.29) is 5.92 Å². The molecule has 5 nitrogen and oxygen atoms in total. The Hall–Kier alpha value is -2.43. The average molecular weight is 309 g/mol. The summed E-state index contributed by atoms with van der Waals surface area (Å²) in [6.07, 6.45) is 4.12. The summed E-state index contributed by atoms with van der Waals surface area (Å²) in [7, 11) is 0. The maximum Gasteiger partial charge on any atom is 0.168 e. The number of nitrogens with one attached hydrogen (secondary N) is 1. The minimum Gasteiger partial charge on any atom is -0.369 e. The second kappa shape index (κ2) is 6.77. The Labute approximate surface area is 136 Å². The van der Waals surface area contributed by atoms with Gasteiger partial charge in [0.25, 0.3) is 0 Å². The summed E-state index contributed by atoms with van der Waals surface area (Å²) in [5, 5.41) is 8.94. The van der Waals surface area contributed by atoms with Crippen LogP contribution in [0, 0.1) is 0 Å². The van der Waals surface area contributed by atoms with E-state index in [0.29, 0.717) is 0 Å². The van der Waals surface area contributed by atoms with Crippen molar-refractivity contribution in [3.63, 3.8) is 0 Å². The number of nitrogens with zero attached hydrogens (tertiary/aromatic N) is 4. The van der Waals surface area contributed by atoms with E-state index in [4.69, 9.17) is 9.97 Å². The lowest BCUT2D eigenvalue weighted by atomic mass is 10.2. The first-order chi connectivity index (χ1) is 11.2. The van der Waals surface area contributed by atoms with Gasteiger partial charge in [-0.2, -0.15) is 5.10 Å². The van der Waals surface area contributed by atoms with Crippen molar-refractivity contribution in [2.75, 3.05) is 11.9 Å². The predicted octanol–water partition coefficient (Wildman–Crippen LogP) is 4.15. The molecule has 0 aliphatic carbocycles. The number of benzene rings is 1. The maximum absolute atomic E-state index is 4.75. The first-order valence-corrected chi connectivity index (χ1v) is 8.25. The maximum atomic E-state index is 4.75. The fraction of sp³-hybridized carbons (Fsp3) is 0.389. The molecule has 0 spiro atoms. The summed E-state index contributed by atoms with van der Waals surface area (Å²) < 4.78 is 1.88. The van der Waals surface area contributed by atoms with Gasteiger partial charge in [0.05, 0.1) is 17.3 Å². The van der Waals surface area contributed by atoms with Gasteiger partial charge in [0.1, 0.15) is 11.6 Å². The highest BCUT2D eigenvalue weighted by atomic mass is 15.3. The first-order valence-electron chi connectivity index (χ1n) is 8.25. The van der Waals surface area contributed by atoms with Gasteiger partial charge in [0, 0.05) is 12.5 Å². The van der Waals surface area contributed by atoms with Crippen LogP contribution >= 0.6 is 0 Å². The Morgan fingerprint density at radius 2 is 1.91 bits per heavy atom. The molecule has 2 aromatic heterocycles. The Morgan fingerprint density at radius 1 is 1.13 bits per heavy atom. The number of hydrogen-bond donors (Lipinski definition) is 1. The molecule has 0 saturated heterocycles. The number of fused-ring (bicyclic) bond motifs is 1. The highest BCUT2D eigenvalue weighted by Gasteiger charge is 2.15. The Kier molecular flexibility index (Phi) is 4.55. The molecule has 0 unspecified atom stereocenters. The van der Waals surface area contributed by atoms with Crippen molar-refractivity contribution in [1.29, 1.82) is 0 Å². The number of rotatable bonds is 6. The van der Waals surface area contributed by atoms with Crippen LogP contribution in [-0.2, 0) is 0 Å². The van der Waals surface area contributed by atoms with E-state index in [1.807, 2.05) is 41.2 Å². The molecular formula is C18H23N5. The molecule has 0 saturated carbocycles. The molecule has 23 heavy (non-hydrogen) atoms. The molecule has 0 atom stereocenters. The monoisotopic (exact) mass is 309 g/mol. The van der Waals surface area contributed by atoms with Crippen LogP contribution in [0.5, 0.6) is 0 Å². The zero-order valence-corrected chi connectivity index (χ0v) is 14.0. The van der Waals surface area contributed by atoms with Crippen molar-refractivity contribution < 1.29 is 0 Å². The second-order valence-corrected chi connectivity index (χ2v) is 5.99. The van der Waals surface area contributed by atoms with Gasteiger partial charge < -0.3 is 5.32 Å². The SMILES string of the molecule is CCCCNc1nc(C(C)C)nc2c1cnn2-c1ccccc1. The molecular weight excluding hydrogens is 286 g/mol. The highest BCUT2D eigenvalue weighted by Crippen LogP contribution is 2.25. The fourth-order valence-corrected chi connectivity index (χ4v) is 2.46. The molecule has 0 amide bonds. The molecule has 2 heterocycles. The summed E-state index contributed by atoms with van der Waals surface area (Å²) in [5.74, 6) is 1.99.